The molecule has 1 aromatic heterocycles. The van der Waals surface area contributed by atoms with E-state index in [2.05, 4.69) is 44.5 Å². The Morgan fingerprint density at radius 2 is 1.92 bits per heavy atom. The van der Waals surface area contributed by atoms with E-state index >= 15 is 0 Å². The molecule has 0 aromatic carbocycles. The van der Waals surface area contributed by atoms with E-state index in [0.29, 0.717) is 18.5 Å². The first-order valence-corrected chi connectivity index (χ1v) is 9.13. The fourth-order valence-corrected chi connectivity index (χ4v) is 3.28. The van der Waals surface area contributed by atoms with Crippen molar-refractivity contribution in [2.75, 3.05) is 26.7 Å². The zero-order chi connectivity index (χ0) is 17.4. The summed E-state index contributed by atoms with van der Waals surface area (Å²) in [4.78, 5) is 11.2. The molecule has 7 heteroatoms. The Morgan fingerprint density at radius 1 is 1.21 bits per heavy atom. The van der Waals surface area contributed by atoms with Crippen molar-refractivity contribution < 1.29 is 0 Å². The topological polar surface area (TPSA) is 70.4 Å². The van der Waals surface area contributed by atoms with Crippen LogP contribution in [0.4, 0.5) is 0 Å². The summed E-state index contributed by atoms with van der Waals surface area (Å²) in [5.41, 5.74) is 0. The van der Waals surface area contributed by atoms with Crippen molar-refractivity contribution in [2.45, 2.75) is 52.1 Å². The summed E-state index contributed by atoms with van der Waals surface area (Å²) in [6, 6.07) is 0.538. The molecule has 0 radical (unpaired) electrons. The molecule has 1 aromatic rings. The number of likely N-dealkylation sites (tertiary alicyclic amines) is 1. The fourth-order valence-electron chi connectivity index (χ4n) is 3.28. The third-order valence-corrected chi connectivity index (χ3v) is 4.80. The van der Waals surface area contributed by atoms with Crippen LogP contribution in [-0.4, -0.2) is 58.3 Å². The first-order chi connectivity index (χ1) is 11.6. The maximum absolute atomic E-state index is 4.33. The van der Waals surface area contributed by atoms with Crippen LogP contribution in [0.15, 0.2) is 11.3 Å². The molecule has 7 nitrogen and oxygen atoms in total. The standard InChI is InChI=1S/C17H33N7/c1-14(2)15(24-9-7-5-6-8-10-24)11-19-17(18-3)20-12-16-21-13-22-23(16)4/h13-15H,5-12H2,1-4H3,(H2,18,19,20). The Hall–Kier alpha value is -1.63. The van der Waals surface area contributed by atoms with Gasteiger partial charge in [-0.1, -0.05) is 26.7 Å². The number of aryl methyl sites for hydroxylation is 1. The summed E-state index contributed by atoms with van der Waals surface area (Å²) in [6.45, 7) is 8.59. The Balaban J connectivity index is 1.85. The van der Waals surface area contributed by atoms with Crippen LogP contribution in [0.5, 0.6) is 0 Å². The predicted octanol–water partition coefficient (Wildman–Crippen LogP) is 1.38. The van der Waals surface area contributed by atoms with Gasteiger partial charge < -0.3 is 10.6 Å². The van der Waals surface area contributed by atoms with E-state index in [1.807, 2.05) is 14.1 Å². The molecule has 0 spiro atoms. The summed E-state index contributed by atoms with van der Waals surface area (Å²) < 4.78 is 1.77. The summed E-state index contributed by atoms with van der Waals surface area (Å²) in [6.07, 6.45) is 6.96. The van der Waals surface area contributed by atoms with Crippen LogP contribution < -0.4 is 10.6 Å². The van der Waals surface area contributed by atoms with Gasteiger partial charge in [0.2, 0.25) is 0 Å². The smallest absolute Gasteiger partial charge is 0.191 e. The van der Waals surface area contributed by atoms with E-state index in [1.165, 1.54) is 38.8 Å². The Bertz CT molecular complexity index is 501. The maximum atomic E-state index is 4.33. The number of nitrogens with one attached hydrogen (secondary N) is 2. The Morgan fingerprint density at radius 3 is 2.46 bits per heavy atom. The Kier molecular flexibility index (Phi) is 7.49. The highest BCUT2D eigenvalue weighted by molar-refractivity contribution is 5.79. The summed E-state index contributed by atoms with van der Waals surface area (Å²) in [7, 11) is 3.71. The second kappa shape index (κ2) is 9.61. The quantitative estimate of drug-likeness (QED) is 0.607. The van der Waals surface area contributed by atoms with Gasteiger partial charge >= 0.3 is 0 Å². The van der Waals surface area contributed by atoms with Crippen LogP contribution in [0.3, 0.4) is 0 Å². The molecule has 0 aliphatic carbocycles. The Labute approximate surface area is 145 Å². The van der Waals surface area contributed by atoms with Crippen LogP contribution in [0.25, 0.3) is 0 Å². The van der Waals surface area contributed by atoms with E-state index < -0.39 is 0 Å². The number of hydrogen-bond donors (Lipinski definition) is 2. The third kappa shape index (κ3) is 5.47. The average molecular weight is 336 g/mol. The average Bonchev–Trinajstić information content (AvgIpc) is 2.81. The molecule has 0 bridgehead atoms. The monoisotopic (exact) mass is 335 g/mol. The molecule has 1 atom stereocenters. The molecule has 0 saturated carbocycles. The van der Waals surface area contributed by atoms with Crippen LogP contribution in [0, 0.1) is 5.92 Å². The van der Waals surface area contributed by atoms with E-state index in [1.54, 1.807) is 11.0 Å². The lowest BCUT2D eigenvalue weighted by atomic mass is 10.0. The van der Waals surface area contributed by atoms with Gasteiger partial charge in [0, 0.05) is 26.7 Å². The molecule has 2 N–H and O–H groups in total. The third-order valence-electron chi connectivity index (χ3n) is 4.80. The second-order valence-corrected chi connectivity index (χ2v) is 6.87. The minimum atomic E-state index is 0.538. The number of aromatic nitrogens is 3. The highest BCUT2D eigenvalue weighted by atomic mass is 15.3. The van der Waals surface area contributed by atoms with E-state index in [4.69, 9.17) is 0 Å². The first kappa shape index (κ1) is 18.7. The molecule has 136 valence electrons. The van der Waals surface area contributed by atoms with Crippen molar-refractivity contribution in [2.24, 2.45) is 18.0 Å². The molecule has 0 amide bonds. The van der Waals surface area contributed by atoms with Gasteiger partial charge in [0.05, 0.1) is 6.54 Å². The number of guanidine groups is 1. The minimum Gasteiger partial charge on any atom is -0.355 e. The number of aliphatic imine (C=N–C) groups is 1. The fraction of sp³-hybridized carbons (Fsp3) is 0.824. The zero-order valence-electron chi connectivity index (χ0n) is 15.6. The van der Waals surface area contributed by atoms with Crippen LogP contribution in [-0.2, 0) is 13.6 Å². The summed E-state index contributed by atoms with van der Waals surface area (Å²) >= 11 is 0. The number of rotatable bonds is 6. The van der Waals surface area contributed by atoms with Crippen molar-refractivity contribution >= 4 is 5.96 Å². The van der Waals surface area contributed by atoms with Crippen LogP contribution >= 0.6 is 0 Å². The van der Waals surface area contributed by atoms with E-state index in [-0.39, 0.29) is 0 Å². The largest absolute Gasteiger partial charge is 0.355 e. The van der Waals surface area contributed by atoms with E-state index in [0.717, 1.165) is 18.3 Å². The van der Waals surface area contributed by atoms with Crippen molar-refractivity contribution in [3.05, 3.63) is 12.2 Å². The molecular formula is C17H33N7. The molecule has 1 aliphatic rings. The van der Waals surface area contributed by atoms with Crippen molar-refractivity contribution in [3.63, 3.8) is 0 Å². The molecule has 1 aliphatic heterocycles. The van der Waals surface area contributed by atoms with Crippen LogP contribution in [0.2, 0.25) is 0 Å². The molecule has 1 fully saturated rings. The van der Waals surface area contributed by atoms with Gasteiger partial charge in [0.25, 0.3) is 0 Å². The van der Waals surface area contributed by atoms with Gasteiger partial charge in [-0.15, -0.1) is 0 Å². The molecule has 24 heavy (non-hydrogen) atoms. The molecule has 1 saturated heterocycles. The predicted molar refractivity (Wildman–Crippen MR) is 97.9 cm³/mol. The van der Waals surface area contributed by atoms with Gasteiger partial charge in [0.1, 0.15) is 12.2 Å². The second-order valence-electron chi connectivity index (χ2n) is 6.87. The van der Waals surface area contributed by atoms with Gasteiger partial charge in [-0.05, 0) is 31.8 Å². The molecule has 2 rings (SSSR count). The SMILES string of the molecule is CN=C(NCc1ncnn1C)NCC(C(C)C)N1CCCCCC1. The lowest BCUT2D eigenvalue weighted by Crippen LogP contribution is -2.49. The highest BCUT2D eigenvalue weighted by Crippen LogP contribution is 2.17. The van der Waals surface area contributed by atoms with Gasteiger partial charge in [-0.25, -0.2) is 4.98 Å². The minimum absolute atomic E-state index is 0.538. The van der Waals surface area contributed by atoms with Gasteiger partial charge in [0.15, 0.2) is 5.96 Å². The molecule has 2 heterocycles. The van der Waals surface area contributed by atoms with Crippen molar-refractivity contribution in [1.29, 1.82) is 0 Å². The number of hydrogen-bond acceptors (Lipinski definition) is 4. The first-order valence-electron chi connectivity index (χ1n) is 9.13. The van der Waals surface area contributed by atoms with Crippen LogP contribution in [0.1, 0.15) is 45.4 Å². The molecule has 1 unspecified atom stereocenters. The number of nitrogens with zero attached hydrogens (tertiary/aromatic N) is 5. The molecular weight excluding hydrogens is 302 g/mol. The van der Waals surface area contributed by atoms with Gasteiger partial charge in [-0.2, -0.15) is 5.10 Å². The van der Waals surface area contributed by atoms with Crippen molar-refractivity contribution in [1.82, 2.24) is 30.3 Å². The lowest BCUT2D eigenvalue weighted by molar-refractivity contribution is 0.161. The summed E-state index contributed by atoms with van der Waals surface area (Å²) in [5, 5.41) is 10.9. The zero-order valence-corrected chi connectivity index (χ0v) is 15.6. The maximum Gasteiger partial charge on any atom is 0.191 e. The normalized spacial score (nSPS) is 18.5. The summed E-state index contributed by atoms with van der Waals surface area (Å²) in [5.74, 6) is 2.33. The lowest BCUT2D eigenvalue weighted by Gasteiger charge is -2.34. The highest BCUT2D eigenvalue weighted by Gasteiger charge is 2.22. The van der Waals surface area contributed by atoms with E-state index in [9.17, 15) is 0 Å². The van der Waals surface area contributed by atoms with Gasteiger partial charge in [-0.3, -0.25) is 14.6 Å². The van der Waals surface area contributed by atoms with Crippen molar-refractivity contribution in [3.8, 4) is 0 Å².